The summed E-state index contributed by atoms with van der Waals surface area (Å²) in [5.41, 5.74) is 0. The lowest BCUT2D eigenvalue weighted by atomic mass is 10.0. The van der Waals surface area contributed by atoms with Gasteiger partial charge < -0.3 is 24.4 Å². The molecule has 65 heavy (non-hydrogen) atoms. The van der Waals surface area contributed by atoms with Crippen molar-refractivity contribution in [3.8, 4) is 0 Å². The minimum Gasteiger partial charge on any atom is -0.460 e. The molecule has 0 spiro atoms. The van der Waals surface area contributed by atoms with Gasteiger partial charge in [-0.3, -0.25) is 9.59 Å². The SMILES string of the molecule is CCCCC/C=C\C/C=C\CCCCCC(OC(=O)CCCCCCCCCCCCCCCCC)C(OC(=O)CCCCCCCCCCCCCCCCC)C(=O)OCC(O)CO. The van der Waals surface area contributed by atoms with Gasteiger partial charge >= 0.3 is 17.9 Å². The summed E-state index contributed by atoms with van der Waals surface area (Å²) in [5.74, 6) is -1.78. The largest absolute Gasteiger partial charge is 0.460 e. The molecule has 0 rings (SSSR count). The van der Waals surface area contributed by atoms with Crippen molar-refractivity contribution < 1.29 is 38.8 Å². The molecular weight excluding hydrogens is 813 g/mol. The summed E-state index contributed by atoms with van der Waals surface area (Å²) in [5, 5.41) is 19.3. The molecule has 0 aromatic heterocycles. The number of hydrogen-bond donors (Lipinski definition) is 2. The predicted octanol–water partition coefficient (Wildman–Crippen LogP) is 16.3. The third-order valence-corrected chi connectivity index (χ3v) is 12.6. The topological polar surface area (TPSA) is 119 Å². The monoisotopic (exact) mass is 919 g/mol. The van der Waals surface area contributed by atoms with Crippen LogP contribution in [0.5, 0.6) is 0 Å². The first kappa shape index (κ1) is 62.8. The van der Waals surface area contributed by atoms with Crippen molar-refractivity contribution in [2.24, 2.45) is 0 Å². The number of rotatable bonds is 51. The van der Waals surface area contributed by atoms with Crippen LogP contribution in [0.3, 0.4) is 0 Å². The molecule has 0 heterocycles. The molecule has 0 amide bonds. The molecule has 0 radical (unpaired) electrons. The minimum absolute atomic E-state index is 0.168. The second-order valence-electron chi connectivity index (χ2n) is 19.1. The van der Waals surface area contributed by atoms with E-state index in [1.807, 2.05) is 0 Å². The van der Waals surface area contributed by atoms with Crippen molar-refractivity contribution >= 4 is 17.9 Å². The highest BCUT2D eigenvalue weighted by Gasteiger charge is 2.36. The van der Waals surface area contributed by atoms with Gasteiger partial charge in [-0.25, -0.2) is 4.79 Å². The second-order valence-corrected chi connectivity index (χ2v) is 19.1. The molecule has 0 aliphatic rings. The molecule has 8 heteroatoms. The first-order valence-corrected chi connectivity index (χ1v) is 28.0. The van der Waals surface area contributed by atoms with E-state index in [9.17, 15) is 24.6 Å². The Bertz CT molecular complexity index is 1090. The van der Waals surface area contributed by atoms with E-state index in [0.29, 0.717) is 25.7 Å². The van der Waals surface area contributed by atoms with Gasteiger partial charge in [0.15, 0.2) is 0 Å². The lowest BCUT2D eigenvalue weighted by Gasteiger charge is -2.26. The summed E-state index contributed by atoms with van der Waals surface area (Å²) in [6.07, 6.45) is 52.2. The van der Waals surface area contributed by atoms with E-state index in [1.54, 1.807) is 0 Å². The molecule has 0 aliphatic heterocycles. The van der Waals surface area contributed by atoms with Crippen LogP contribution in [0.2, 0.25) is 0 Å². The first-order valence-electron chi connectivity index (χ1n) is 28.0. The molecule has 382 valence electrons. The maximum Gasteiger partial charge on any atom is 0.351 e. The Hall–Kier alpha value is -2.19. The summed E-state index contributed by atoms with van der Waals surface area (Å²) in [6, 6.07) is 0. The van der Waals surface area contributed by atoms with Crippen molar-refractivity contribution in [3.63, 3.8) is 0 Å². The Balaban J connectivity index is 5.06. The number of unbranched alkanes of at least 4 members (excludes halogenated alkanes) is 34. The van der Waals surface area contributed by atoms with Crippen LogP contribution in [0.4, 0.5) is 0 Å². The van der Waals surface area contributed by atoms with Crippen LogP contribution >= 0.6 is 0 Å². The number of carbonyl (C=O) groups is 3. The van der Waals surface area contributed by atoms with Gasteiger partial charge in [-0.15, -0.1) is 0 Å². The number of ether oxygens (including phenoxy) is 3. The standard InChI is InChI=1S/C57H106O8/c1-4-7-10-13-16-19-22-25-27-30-33-36-39-42-45-48-54(60)64-53(47-44-41-38-35-32-29-24-21-18-15-12-9-6-3)56(57(62)63-51-52(59)50-58)65-55(61)49-46-43-40-37-34-31-28-26-23-20-17-14-11-8-5-2/h18,21,29,32,52-53,56,58-59H,4-17,19-20,22-28,30-31,33-51H2,1-3H3/b21-18-,32-29-. The van der Waals surface area contributed by atoms with Crippen LogP contribution in [0.1, 0.15) is 290 Å². The summed E-state index contributed by atoms with van der Waals surface area (Å²) in [6.45, 7) is 5.73. The van der Waals surface area contributed by atoms with Crippen LogP contribution in [-0.4, -0.2) is 59.6 Å². The zero-order valence-corrected chi connectivity index (χ0v) is 43.0. The van der Waals surface area contributed by atoms with Gasteiger partial charge in [0.05, 0.1) is 6.61 Å². The van der Waals surface area contributed by atoms with E-state index in [0.717, 1.165) is 64.2 Å². The Morgan fingerprint density at radius 1 is 0.431 bits per heavy atom. The zero-order chi connectivity index (χ0) is 47.5. The third kappa shape index (κ3) is 45.4. The normalized spacial score (nSPS) is 13.1. The highest BCUT2D eigenvalue weighted by atomic mass is 16.6. The molecule has 0 aromatic rings. The minimum atomic E-state index is -1.43. The number of aliphatic hydroxyl groups is 2. The van der Waals surface area contributed by atoms with Gasteiger partial charge in [0.1, 0.15) is 18.8 Å². The quantitative estimate of drug-likeness (QED) is 0.0268. The number of hydrogen-bond acceptors (Lipinski definition) is 8. The van der Waals surface area contributed by atoms with Crippen molar-refractivity contribution in [3.05, 3.63) is 24.3 Å². The molecule has 2 N–H and O–H groups in total. The first-order chi connectivity index (χ1) is 31.9. The van der Waals surface area contributed by atoms with Crippen LogP contribution in [0, 0.1) is 0 Å². The summed E-state index contributed by atoms with van der Waals surface area (Å²) < 4.78 is 17.1. The molecule has 3 unspecified atom stereocenters. The van der Waals surface area contributed by atoms with Gasteiger partial charge in [-0.2, -0.15) is 0 Å². The van der Waals surface area contributed by atoms with Crippen molar-refractivity contribution in [1.29, 1.82) is 0 Å². The molecule has 0 saturated carbocycles. The maximum absolute atomic E-state index is 13.5. The van der Waals surface area contributed by atoms with Gasteiger partial charge in [0.25, 0.3) is 0 Å². The average Bonchev–Trinajstić information content (AvgIpc) is 3.30. The van der Waals surface area contributed by atoms with Crippen molar-refractivity contribution in [2.75, 3.05) is 13.2 Å². The van der Waals surface area contributed by atoms with Crippen molar-refractivity contribution in [1.82, 2.24) is 0 Å². The summed E-state index contributed by atoms with van der Waals surface area (Å²) in [4.78, 5) is 40.0. The fourth-order valence-electron chi connectivity index (χ4n) is 8.37. The molecule has 0 saturated heterocycles. The number of allylic oxidation sites excluding steroid dienone is 4. The Morgan fingerprint density at radius 3 is 1.17 bits per heavy atom. The van der Waals surface area contributed by atoms with E-state index in [2.05, 4.69) is 45.1 Å². The molecule has 0 bridgehead atoms. The zero-order valence-electron chi connectivity index (χ0n) is 43.0. The number of carbonyl (C=O) groups excluding carboxylic acids is 3. The fourth-order valence-corrected chi connectivity index (χ4v) is 8.37. The number of aliphatic hydroxyl groups excluding tert-OH is 2. The molecule has 0 fully saturated rings. The highest BCUT2D eigenvalue weighted by molar-refractivity contribution is 5.80. The Morgan fingerprint density at radius 2 is 0.769 bits per heavy atom. The van der Waals surface area contributed by atoms with Crippen LogP contribution in [0.15, 0.2) is 24.3 Å². The molecule has 0 aliphatic carbocycles. The molecular formula is C57H106O8. The Labute approximate surface area is 401 Å². The lowest BCUT2D eigenvalue weighted by Crippen LogP contribution is -2.43. The predicted molar refractivity (Wildman–Crippen MR) is 273 cm³/mol. The second kappa shape index (κ2) is 51.2. The third-order valence-electron chi connectivity index (χ3n) is 12.6. The molecule has 8 nitrogen and oxygen atoms in total. The summed E-state index contributed by atoms with van der Waals surface area (Å²) >= 11 is 0. The smallest absolute Gasteiger partial charge is 0.351 e. The number of esters is 3. The van der Waals surface area contributed by atoms with E-state index >= 15 is 0 Å². The lowest BCUT2D eigenvalue weighted by molar-refractivity contribution is -0.185. The van der Waals surface area contributed by atoms with Gasteiger partial charge in [0, 0.05) is 12.8 Å². The van der Waals surface area contributed by atoms with Crippen LogP contribution < -0.4 is 0 Å². The molecule has 0 aromatic carbocycles. The molecule has 3 atom stereocenters. The van der Waals surface area contributed by atoms with E-state index < -0.39 is 49.4 Å². The van der Waals surface area contributed by atoms with Crippen molar-refractivity contribution in [2.45, 2.75) is 309 Å². The van der Waals surface area contributed by atoms with Crippen LogP contribution in [-0.2, 0) is 28.6 Å². The Kier molecular flexibility index (Phi) is 49.5. The summed E-state index contributed by atoms with van der Waals surface area (Å²) in [7, 11) is 0. The van der Waals surface area contributed by atoms with Gasteiger partial charge in [-0.1, -0.05) is 244 Å². The average molecular weight is 919 g/mol. The highest BCUT2D eigenvalue weighted by Crippen LogP contribution is 2.21. The van der Waals surface area contributed by atoms with E-state index in [-0.39, 0.29) is 12.8 Å². The fraction of sp³-hybridized carbons (Fsp3) is 0.877. The van der Waals surface area contributed by atoms with Gasteiger partial charge in [0.2, 0.25) is 6.10 Å². The maximum atomic E-state index is 13.5. The van der Waals surface area contributed by atoms with Gasteiger partial charge in [-0.05, 0) is 57.8 Å². The van der Waals surface area contributed by atoms with E-state index in [1.165, 1.54) is 167 Å². The van der Waals surface area contributed by atoms with Crippen LogP contribution in [0.25, 0.3) is 0 Å². The van der Waals surface area contributed by atoms with E-state index in [4.69, 9.17) is 14.2 Å².